The second-order valence-corrected chi connectivity index (χ2v) is 28.8. The molecule has 115 heavy (non-hydrogen) atoms. The quantitative estimate of drug-likeness (QED) is 0.0269. The fourth-order valence-electron chi connectivity index (χ4n) is 17.7. The molecule has 6 bridgehead atoms. The van der Waals surface area contributed by atoms with E-state index in [0.717, 1.165) is 32.2 Å². The van der Waals surface area contributed by atoms with E-state index in [0.29, 0.717) is 5.57 Å². The van der Waals surface area contributed by atoms with Crippen LogP contribution in [0.15, 0.2) is 115 Å². The Balaban J connectivity index is 0.000000135. The van der Waals surface area contributed by atoms with Gasteiger partial charge >= 0.3 is 11.9 Å². The van der Waals surface area contributed by atoms with Crippen LogP contribution in [0.1, 0.15) is 153 Å². The van der Waals surface area contributed by atoms with Crippen molar-refractivity contribution in [2.75, 3.05) is 30.2 Å². The maximum atomic E-state index is 13.9. The van der Waals surface area contributed by atoms with Gasteiger partial charge in [0.05, 0.1) is 82.4 Å². The van der Waals surface area contributed by atoms with E-state index in [2.05, 4.69) is 91.7 Å². The van der Waals surface area contributed by atoms with E-state index in [1.165, 1.54) is 73.9 Å². The Morgan fingerprint density at radius 1 is 0.513 bits per heavy atom. The molecule has 0 radical (unpaired) electrons. The molecule has 6 aliphatic heterocycles. The number of esters is 2. The number of allylic oxidation sites excluding steroid dienone is 6. The molecule has 0 aromatic heterocycles. The minimum atomic E-state index is -2.53. The number of ether oxygens (including phenoxy) is 5. The number of fused-ring (bicyclic) bond motifs is 12. The first kappa shape index (κ1) is 76.8. The third-order valence-corrected chi connectivity index (χ3v) is 23.0. The van der Waals surface area contributed by atoms with E-state index in [1.54, 1.807) is 31.2 Å². The SMILES string of the molecule is C.CC(C)[C@@]12OC13c1cc(O)c4c(c1N[C@H]2C#C/C=C\C#C[C@H]3O)C(=O)c1c(ccc(CO)c1O)C4=O.COC(=O)/C=C(\C)[C@@]12OC13c1cc(O)c4c(c1N[C@H]2C#C/C=C\C#C[C@H]3O)C(=O)c1ccccc1C4=O.COC(=O)C(O)C(C)(O)[C@@]12OC13c1cc(O)c4c(c1N[C@H]2C#C/C=C\C#C[C@H]3O)C(=O)c1c(ccc(O)c1O)C4=O. The average Bonchev–Trinajstić information content (AvgIpc) is 1.71. The molecule has 14 atom stereocenters. The van der Waals surface area contributed by atoms with Crippen LogP contribution in [0, 0.1) is 77.0 Å². The summed E-state index contributed by atoms with van der Waals surface area (Å²) >= 11 is 0. The molecule has 3 saturated heterocycles. The van der Waals surface area contributed by atoms with Crippen LogP contribution in [0.3, 0.4) is 0 Å². The van der Waals surface area contributed by atoms with Gasteiger partial charge in [-0.3, -0.25) is 28.8 Å². The minimum Gasteiger partial charge on any atom is -0.507 e. The van der Waals surface area contributed by atoms with Crippen molar-refractivity contribution in [3.63, 3.8) is 0 Å². The van der Waals surface area contributed by atoms with Crippen LogP contribution in [0.4, 0.5) is 17.1 Å². The number of ketones is 6. The van der Waals surface area contributed by atoms with Crippen molar-refractivity contribution >= 4 is 63.7 Å². The van der Waals surface area contributed by atoms with Gasteiger partial charge in [0.1, 0.15) is 52.3 Å². The zero-order valence-corrected chi connectivity index (χ0v) is 60.4. The van der Waals surface area contributed by atoms with E-state index in [1.807, 2.05) is 13.8 Å². The van der Waals surface area contributed by atoms with Crippen LogP contribution in [-0.4, -0.2) is 187 Å². The molecule has 0 spiro atoms. The van der Waals surface area contributed by atoms with Gasteiger partial charge in [0.2, 0.25) is 5.78 Å². The van der Waals surface area contributed by atoms with Crippen LogP contribution in [0.25, 0.3) is 0 Å². The fraction of sp³-hybridized carbons (Fsp3) is 0.264. The van der Waals surface area contributed by atoms with Crippen molar-refractivity contribution in [2.24, 2.45) is 5.92 Å². The molecule has 3 fully saturated rings. The van der Waals surface area contributed by atoms with E-state index >= 15 is 0 Å². The van der Waals surface area contributed by atoms with Gasteiger partial charge in [0.15, 0.2) is 92.8 Å². The van der Waals surface area contributed by atoms with Crippen molar-refractivity contribution in [1.82, 2.24) is 0 Å². The highest BCUT2D eigenvalue weighted by Crippen LogP contribution is 2.73. The number of rotatable bonds is 7. The second-order valence-electron chi connectivity index (χ2n) is 28.8. The highest BCUT2D eigenvalue weighted by Gasteiger charge is 2.88. The Kier molecular flexibility index (Phi) is 17.7. The molecule has 5 unspecified atom stereocenters. The highest BCUT2D eigenvalue weighted by molar-refractivity contribution is 6.34. The van der Waals surface area contributed by atoms with Crippen molar-refractivity contribution in [2.45, 2.75) is 123 Å². The zero-order chi connectivity index (χ0) is 81.3. The first-order chi connectivity index (χ1) is 54.3. The van der Waals surface area contributed by atoms with E-state index in [4.69, 9.17) is 18.9 Å². The molecule has 28 heteroatoms. The molecule has 6 aliphatic carbocycles. The number of hydrogen-bond donors (Lipinski definition) is 15. The van der Waals surface area contributed by atoms with Crippen LogP contribution >= 0.6 is 0 Å². The lowest BCUT2D eigenvalue weighted by Gasteiger charge is -2.43. The molecule has 0 amide bonds. The average molecular weight is 1550 g/mol. The molecule has 0 saturated carbocycles. The lowest BCUT2D eigenvalue weighted by Crippen LogP contribution is -2.66. The number of carbonyl (C=O) groups is 8. The standard InChI is InChI=1S/C29H21NO11.C29H19NO7.C28H21NO7.CH4/c1-27(39,25(37)26(38)40-2)29-16-7-5-3-4-6-8-17(33)28(29,41-29)13-11-15(32)19-20(21(13)30-16)24(36)18-12(22(19)34)9-10-14(31)23(18)35;1-15(13-22(33)36-2)28-20-11-5-3-4-6-12-21(32)29(28,37-28)18-14-19(31)23-24(25(18)30-20)27(35)17-10-8-7-9-16(17)26(23)34;1-13(2)27-18-7-5-3-4-6-8-19(32)28(27,36-27)16-11-17(31)21-22(23(16)29-18)26(35)20-15(25(21)34)10-9-14(12-30)24(20)33;/h3-4,9-11,16-17,25,30-33,35,37,39H,1-2H3;3-4,7-10,13-14,20-21,30-32H,1-2H3;3-4,9-11,13,18-19,29-33H,12H2,1-2H3;1H4/b4-3-;4-3-,15-13+;4-3-;/t16-,17+,25?,27?,28?,29+;20-,21+,28-,29?;18-,19+,27-,28?;/m000./s1. The first-order valence-electron chi connectivity index (χ1n) is 35.1. The molecule has 28 nitrogen and oxygen atoms in total. The third kappa shape index (κ3) is 9.97. The number of hydrogen-bond acceptors (Lipinski definition) is 28. The molecular weight excluding hydrogens is 1490 g/mol. The summed E-state index contributed by atoms with van der Waals surface area (Å²) in [5, 5.41) is 140. The molecule has 18 rings (SSSR count). The Morgan fingerprint density at radius 3 is 1.43 bits per heavy atom. The van der Waals surface area contributed by atoms with Gasteiger partial charge in [0, 0.05) is 50.6 Å². The predicted molar refractivity (Wildman–Crippen MR) is 402 cm³/mol. The Morgan fingerprint density at radius 2 is 0.930 bits per heavy atom. The van der Waals surface area contributed by atoms with Gasteiger partial charge in [-0.25, -0.2) is 9.59 Å². The van der Waals surface area contributed by atoms with Crippen LogP contribution in [0.2, 0.25) is 0 Å². The van der Waals surface area contributed by atoms with Crippen LogP contribution in [-0.2, 0) is 56.7 Å². The molecule has 6 aromatic carbocycles. The van der Waals surface area contributed by atoms with Gasteiger partial charge in [-0.2, -0.15) is 0 Å². The fourth-order valence-corrected chi connectivity index (χ4v) is 17.7. The summed E-state index contributed by atoms with van der Waals surface area (Å²) in [6.07, 6.45) is 3.18. The van der Waals surface area contributed by atoms with Crippen LogP contribution < -0.4 is 16.0 Å². The predicted octanol–water partition coefficient (Wildman–Crippen LogP) is 3.90. The number of phenols is 6. The maximum Gasteiger partial charge on any atom is 0.337 e. The zero-order valence-electron chi connectivity index (χ0n) is 60.4. The number of aliphatic hydroxyl groups excluding tert-OH is 5. The largest absolute Gasteiger partial charge is 0.507 e. The lowest BCUT2D eigenvalue weighted by molar-refractivity contribution is -0.174. The first-order valence-corrected chi connectivity index (χ1v) is 35.1. The van der Waals surface area contributed by atoms with Crippen molar-refractivity contribution < 1.29 is 123 Å². The number of carbonyl (C=O) groups excluding carboxylic acids is 8. The van der Waals surface area contributed by atoms with E-state index < -0.39 is 186 Å². The number of anilines is 3. The second kappa shape index (κ2) is 26.5. The smallest absolute Gasteiger partial charge is 0.337 e. The van der Waals surface area contributed by atoms with E-state index in [9.17, 15) is 99.6 Å². The third-order valence-electron chi connectivity index (χ3n) is 23.0. The maximum absolute atomic E-state index is 13.9. The molecular formula is C87H65N3O25. The van der Waals surface area contributed by atoms with Gasteiger partial charge in [-0.1, -0.05) is 123 Å². The summed E-state index contributed by atoms with van der Waals surface area (Å²) in [6, 6.07) is 12.0. The van der Waals surface area contributed by atoms with Crippen molar-refractivity contribution in [3.8, 4) is 106 Å². The van der Waals surface area contributed by atoms with Crippen molar-refractivity contribution in [3.05, 3.63) is 204 Å². The summed E-state index contributed by atoms with van der Waals surface area (Å²) in [4.78, 5) is 106. The molecule has 15 N–H and O–H groups in total. The molecule has 6 aromatic rings. The Hall–Kier alpha value is -13.6. The summed E-state index contributed by atoms with van der Waals surface area (Å²) in [5.74, 6) is 23.8. The van der Waals surface area contributed by atoms with Gasteiger partial charge in [0.25, 0.3) is 0 Å². The molecule has 6 heterocycles. The summed E-state index contributed by atoms with van der Waals surface area (Å²) in [6.45, 7) is 6.02. The van der Waals surface area contributed by atoms with Crippen LogP contribution in [0.5, 0.6) is 34.5 Å². The number of nitrogens with one attached hydrogen (secondary N) is 3. The van der Waals surface area contributed by atoms with Crippen molar-refractivity contribution in [1.29, 1.82) is 0 Å². The number of phenolic OH excluding ortho intramolecular Hbond substituents is 5. The minimum absolute atomic E-state index is 0. The van der Waals surface area contributed by atoms with E-state index in [-0.39, 0.29) is 103 Å². The number of benzene rings is 6. The topological polar surface area (TPSA) is 471 Å². The summed E-state index contributed by atoms with van der Waals surface area (Å²) < 4.78 is 28.2. The lowest BCUT2D eigenvalue weighted by atomic mass is 9.64. The Bertz CT molecular complexity index is 6150. The Labute approximate surface area is 653 Å². The summed E-state index contributed by atoms with van der Waals surface area (Å²) in [5.41, 5.74) is -13.3. The summed E-state index contributed by atoms with van der Waals surface area (Å²) in [7, 11) is 2.23. The van der Waals surface area contributed by atoms with Gasteiger partial charge < -0.3 is 101 Å². The van der Waals surface area contributed by atoms with Gasteiger partial charge in [-0.05, 0) is 98.2 Å². The monoisotopic (exact) mass is 1550 g/mol. The molecule has 578 valence electrons. The number of aromatic hydroxyl groups is 6. The van der Waals surface area contributed by atoms with Gasteiger partial charge in [-0.15, -0.1) is 0 Å². The molecule has 12 aliphatic rings. The number of methoxy groups -OCH3 is 2. The highest BCUT2D eigenvalue weighted by atomic mass is 16.7. The number of epoxide rings is 3. The number of aliphatic hydroxyl groups is 6. The normalized spacial score (nSPS) is 28.9.